The number of allylic oxidation sites excluding steroid dienone is 2. The Morgan fingerprint density at radius 3 is 2.18 bits per heavy atom. The number of amides is 4. The van der Waals surface area contributed by atoms with Gasteiger partial charge in [0.05, 0.1) is 41.2 Å². The summed E-state index contributed by atoms with van der Waals surface area (Å²) in [6, 6.07) is 24.0. The number of para-hydroxylation sites is 1. The predicted octanol–water partition coefficient (Wildman–Crippen LogP) is 5.06. The van der Waals surface area contributed by atoms with Crippen LogP contribution >= 0.6 is 0 Å². The van der Waals surface area contributed by atoms with Gasteiger partial charge in [-0.25, -0.2) is 4.90 Å². The Hall–Kier alpha value is -4.56. The van der Waals surface area contributed by atoms with E-state index in [4.69, 9.17) is 4.74 Å². The van der Waals surface area contributed by atoms with Crippen LogP contribution in [0.15, 0.2) is 90.5 Å². The largest absolute Gasteiger partial charge is 0.491 e. The summed E-state index contributed by atoms with van der Waals surface area (Å²) in [6.45, 7) is 3.99. The highest BCUT2D eigenvalue weighted by molar-refractivity contribution is 6.25. The molecule has 1 N–H and O–H groups in total. The molecule has 8 heteroatoms. The number of hydrogen-bond acceptors (Lipinski definition) is 6. The lowest BCUT2D eigenvalue weighted by Gasteiger charge is -2.49. The van der Waals surface area contributed by atoms with Crippen molar-refractivity contribution >= 4 is 35.0 Å². The van der Waals surface area contributed by atoms with E-state index < -0.39 is 29.1 Å². The first kappa shape index (κ1) is 29.2. The van der Waals surface area contributed by atoms with Crippen molar-refractivity contribution in [2.45, 2.75) is 39.0 Å². The number of aryl methyl sites for hydroxylation is 1. The summed E-state index contributed by atoms with van der Waals surface area (Å²) in [7, 11) is 0. The molecule has 1 saturated carbocycles. The Balaban J connectivity index is 1.32. The van der Waals surface area contributed by atoms with Crippen LogP contribution in [0.5, 0.6) is 5.75 Å². The number of fused-ring (bicyclic) bond motifs is 4. The zero-order valence-electron chi connectivity index (χ0n) is 25.4. The summed E-state index contributed by atoms with van der Waals surface area (Å²) in [6.07, 6.45) is 3.62. The molecule has 0 bridgehead atoms. The number of carbonyl (C=O) groups is 4. The zero-order chi connectivity index (χ0) is 31.5. The number of aliphatic hydroxyl groups is 1. The predicted molar refractivity (Wildman–Crippen MR) is 168 cm³/mol. The summed E-state index contributed by atoms with van der Waals surface area (Å²) < 4.78 is 5.60. The van der Waals surface area contributed by atoms with E-state index in [2.05, 4.69) is 13.0 Å². The van der Waals surface area contributed by atoms with Crippen molar-refractivity contribution in [2.24, 2.45) is 29.1 Å². The van der Waals surface area contributed by atoms with Crippen LogP contribution in [0.2, 0.25) is 0 Å². The van der Waals surface area contributed by atoms with Crippen LogP contribution in [0, 0.1) is 29.1 Å². The van der Waals surface area contributed by atoms with Gasteiger partial charge in [0.25, 0.3) is 0 Å². The van der Waals surface area contributed by atoms with Gasteiger partial charge in [0.15, 0.2) is 0 Å². The molecule has 2 saturated heterocycles. The van der Waals surface area contributed by atoms with Gasteiger partial charge in [0.2, 0.25) is 23.6 Å². The van der Waals surface area contributed by atoms with Crippen molar-refractivity contribution < 1.29 is 29.0 Å². The molecule has 4 aliphatic rings. The van der Waals surface area contributed by atoms with E-state index in [0.29, 0.717) is 30.0 Å². The lowest BCUT2D eigenvalue weighted by atomic mass is 9.51. The standard InChI is InChI=1S/C37H36N2O6/c1-3-22-9-13-25(14-10-22)38-33(41)28-18-17-27-29(31(28)35(38)43)21-30-34(42)39(24-7-5-4-6-8-24)36(44)37(30,2)32(27)23-11-15-26(16-12-23)45-20-19-40/h4-17,28-32,40H,3,18-21H2,1-2H3. The van der Waals surface area contributed by atoms with Crippen LogP contribution in [-0.4, -0.2) is 41.9 Å². The van der Waals surface area contributed by atoms with Crippen LogP contribution in [-0.2, 0) is 25.6 Å². The second-order valence-corrected chi connectivity index (χ2v) is 12.7. The molecule has 3 aromatic carbocycles. The molecule has 2 aliphatic heterocycles. The zero-order valence-corrected chi connectivity index (χ0v) is 25.4. The minimum absolute atomic E-state index is 0.111. The molecule has 3 aromatic rings. The van der Waals surface area contributed by atoms with Crippen LogP contribution in [0.3, 0.4) is 0 Å². The van der Waals surface area contributed by atoms with E-state index in [1.165, 1.54) is 9.80 Å². The lowest BCUT2D eigenvalue weighted by Crippen LogP contribution is -2.48. The number of carbonyl (C=O) groups excluding carboxylic acids is 4. The lowest BCUT2D eigenvalue weighted by molar-refractivity contribution is -0.131. The van der Waals surface area contributed by atoms with Gasteiger partial charge in [-0.3, -0.25) is 24.1 Å². The van der Waals surface area contributed by atoms with Crippen molar-refractivity contribution in [1.29, 1.82) is 0 Å². The topological polar surface area (TPSA) is 104 Å². The molecule has 6 atom stereocenters. The number of ether oxygens (including phenoxy) is 1. The van der Waals surface area contributed by atoms with Gasteiger partial charge in [-0.15, -0.1) is 0 Å². The summed E-state index contributed by atoms with van der Waals surface area (Å²) in [4.78, 5) is 59.4. The van der Waals surface area contributed by atoms with E-state index in [1.807, 2.05) is 49.4 Å². The smallest absolute Gasteiger partial charge is 0.241 e. The van der Waals surface area contributed by atoms with E-state index in [0.717, 1.165) is 23.1 Å². The maximum atomic E-state index is 14.5. The molecule has 0 aromatic heterocycles. The van der Waals surface area contributed by atoms with Gasteiger partial charge in [0.1, 0.15) is 12.4 Å². The number of anilines is 2. The van der Waals surface area contributed by atoms with Crippen molar-refractivity contribution in [1.82, 2.24) is 0 Å². The van der Waals surface area contributed by atoms with Gasteiger partial charge in [0, 0.05) is 5.92 Å². The van der Waals surface area contributed by atoms with Crippen molar-refractivity contribution in [3.8, 4) is 5.75 Å². The Labute approximate surface area is 262 Å². The second kappa shape index (κ2) is 11.1. The Morgan fingerprint density at radius 2 is 1.51 bits per heavy atom. The molecule has 230 valence electrons. The van der Waals surface area contributed by atoms with Crippen molar-refractivity contribution in [2.75, 3.05) is 23.0 Å². The molecule has 4 amide bonds. The van der Waals surface area contributed by atoms with Gasteiger partial charge in [-0.05, 0) is 79.6 Å². The molecular weight excluding hydrogens is 568 g/mol. The molecule has 2 aliphatic carbocycles. The first-order valence-electron chi connectivity index (χ1n) is 15.7. The highest BCUT2D eigenvalue weighted by Gasteiger charge is 2.67. The number of aliphatic hydroxyl groups excluding tert-OH is 1. The number of benzene rings is 3. The minimum Gasteiger partial charge on any atom is -0.491 e. The average molecular weight is 605 g/mol. The molecule has 2 heterocycles. The van der Waals surface area contributed by atoms with Crippen molar-refractivity contribution in [3.63, 3.8) is 0 Å². The Kier molecular flexibility index (Phi) is 7.20. The van der Waals surface area contributed by atoms with Gasteiger partial charge in [-0.2, -0.15) is 0 Å². The van der Waals surface area contributed by atoms with E-state index in [9.17, 15) is 24.3 Å². The van der Waals surface area contributed by atoms with Gasteiger partial charge >= 0.3 is 0 Å². The number of hydrogen-bond donors (Lipinski definition) is 1. The molecule has 45 heavy (non-hydrogen) atoms. The fourth-order valence-corrected chi connectivity index (χ4v) is 8.27. The third-order valence-electron chi connectivity index (χ3n) is 10.5. The molecular formula is C37H36N2O6. The average Bonchev–Trinajstić information content (AvgIpc) is 3.44. The number of imide groups is 2. The first-order valence-corrected chi connectivity index (χ1v) is 15.7. The van der Waals surface area contributed by atoms with Crippen LogP contribution in [0.1, 0.15) is 43.7 Å². The summed E-state index contributed by atoms with van der Waals surface area (Å²) in [5, 5.41) is 9.19. The highest BCUT2D eigenvalue weighted by atomic mass is 16.5. The van der Waals surface area contributed by atoms with Crippen LogP contribution in [0.25, 0.3) is 0 Å². The summed E-state index contributed by atoms with van der Waals surface area (Å²) in [5.74, 6) is -3.07. The van der Waals surface area contributed by atoms with Crippen LogP contribution < -0.4 is 14.5 Å². The highest BCUT2D eigenvalue weighted by Crippen LogP contribution is 2.63. The van der Waals surface area contributed by atoms with E-state index in [-0.39, 0.29) is 42.8 Å². The van der Waals surface area contributed by atoms with Gasteiger partial charge in [-0.1, -0.05) is 61.0 Å². The molecule has 6 unspecified atom stereocenters. The van der Waals surface area contributed by atoms with Gasteiger partial charge < -0.3 is 9.84 Å². The molecule has 0 radical (unpaired) electrons. The quantitative estimate of drug-likeness (QED) is 0.299. The van der Waals surface area contributed by atoms with Crippen LogP contribution in [0.4, 0.5) is 11.4 Å². The van der Waals surface area contributed by atoms with Crippen molar-refractivity contribution in [3.05, 3.63) is 102 Å². The number of nitrogens with zero attached hydrogens (tertiary/aromatic N) is 2. The third-order valence-corrected chi connectivity index (χ3v) is 10.5. The number of rotatable bonds is 7. The molecule has 8 nitrogen and oxygen atoms in total. The minimum atomic E-state index is -1.10. The Morgan fingerprint density at radius 1 is 0.822 bits per heavy atom. The first-order chi connectivity index (χ1) is 21.8. The fraction of sp³-hybridized carbons (Fsp3) is 0.351. The normalized spacial score (nSPS) is 29.0. The Bertz CT molecular complexity index is 1700. The summed E-state index contributed by atoms with van der Waals surface area (Å²) in [5.41, 5.74) is 2.90. The van der Waals surface area contributed by atoms with E-state index >= 15 is 0 Å². The maximum absolute atomic E-state index is 14.5. The molecule has 7 rings (SSSR count). The molecule has 0 spiro atoms. The molecule has 3 fully saturated rings. The SMILES string of the molecule is CCc1ccc(N2C(=O)C3CC=C4C(CC5C(=O)N(c6ccccc6)C(=O)C5(C)C4c4ccc(OCCO)cc4)C3C2=O)cc1. The maximum Gasteiger partial charge on any atom is 0.241 e. The second-order valence-electron chi connectivity index (χ2n) is 12.7. The van der Waals surface area contributed by atoms with E-state index in [1.54, 1.807) is 36.4 Å². The summed E-state index contributed by atoms with van der Waals surface area (Å²) >= 11 is 0. The third kappa shape index (κ3) is 4.37. The monoisotopic (exact) mass is 604 g/mol. The fourth-order valence-electron chi connectivity index (χ4n) is 8.27.